The zero-order chi connectivity index (χ0) is 73.3. The highest BCUT2D eigenvalue weighted by Crippen LogP contribution is 2.31. The summed E-state index contributed by atoms with van der Waals surface area (Å²) >= 11 is 3.43. The van der Waals surface area contributed by atoms with Crippen molar-refractivity contribution in [1.82, 2.24) is 34.9 Å². The maximum atomic E-state index is 12.8. The van der Waals surface area contributed by atoms with Crippen LogP contribution in [0, 0.1) is 25.7 Å². The van der Waals surface area contributed by atoms with Crippen LogP contribution in [0.15, 0.2) is 278 Å². The molecule has 0 atom stereocenters. The van der Waals surface area contributed by atoms with Gasteiger partial charge in [-0.3, -0.25) is 34.5 Å². The SMILES string of the molecule is Brc1cncc2ccccc12.C.CC(=O)Nc1cncc2ccccc12.Cc1ccc(CCC(=O)Cc2cncc3ccccc23)c(N2CCC(C)CC2)n1.Cc1ccc(CN)c(N2CCC(C)CC2)n1.Nc1cncc2ccccc12.c1ccc(C(=Nc2cncc3ccccc23)c2ccccc2)cc1. The molecule has 0 bridgehead atoms. The van der Waals surface area contributed by atoms with E-state index in [2.05, 4.69) is 142 Å². The van der Waals surface area contributed by atoms with Gasteiger partial charge in [-0.25, -0.2) is 15.0 Å². The van der Waals surface area contributed by atoms with Gasteiger partial charge in [-0.15, -0.1) is 0 Å². The van der Waals surface area contributed by atoms with E-state index in [1.165, 1.54) is 54.5 Å². The van der Waals surface area contributed by atoms with Gasteiger partial charge in [0.25, 0.3) is 0 Å². The number of pyridine rings is 7. The number of nitrogen functional groups attached to an aromatic ring is 1. The van der Waals surface area contributed by atoms with Crippen molar-refractivity contribution in [2.45, 2.75) is 93.5 Å². The highest BCUT2D eigenvalue weighted by Gasteiger charge is 2.22. The van der Waals surface area contributed by atoms with Crippen molar-refractivity contribution in [3.63, 3.8) is 0 Å². The molecule has 15 nitrogen and oxygen atoms in total. The predicted molar refractivity (Wildman–Crippen MR) is 444 cm³/mol. The summed E-state index contributed by atoms with van der Waals surface area (Å²) in [6.45, 7) is 15.1. The van der Waals surface area contributed by atoms with E-state index in [9.17, 15) is 9.59 Å². The lowest BCUT2D eigenvalue weighted by atomic mass is 9.97. The molecule has 14 aromatic rings. The monoisotopic (exact) mass is 1470 g/mol. The Morgan fingerprint density at radius 1 is 0.472 bits per heavy atom. The molecule has 16 rings (SSSR count). The Hall–Kier alpha value is -11.5. The van der Waals surface area contributed by atoms with E-state index in [-0.39, 0.29) is 19.1 Å². The van der Waals surface area contributed by atoms with Gasteiger partial charge >= 0.3 is 0 Å². The third-order valence-corrected chi connectivity index (χ3v) is 19.3. The van der Waals surface area contributed by atoms with Gasteiger partial charge in [0.05, 0.1) is 41.4 Å². The molecule has 7 aromatic heterocycles. The Balaban J connectivity index is 0.000000141. The number of Topliss-reactive ketones (excluding diaryl/α,β-unsaturated/α-hetero) is 1. The van der Waals surface area contributed by atoms with Crippen molar-refractivity contribution in [2.24, 2.45) is 22.6 Å². The number of carbonyl (C=O) groups excluding carboxylic acids is 2. The molecule has 2 saturated heterocycles. The number of benzene rings is 7. The molecule has 106 heavy (non-hydrogen) atoms. The first-order valence-corrected chi connectivity index (χ1v) is 36.7. The van der Waals surface area contributed by atoms with Crippen molar-refractivity contribution >= 4 is 116 Å². The summed E-state index contributed by atoms with van der Waals surface area (Å²) in [7, 11) is 0. The van der Waals surface area contributed by atoms with E-state index in [1.54, 1.807) is 18.6 Å². The molecule has 0 saturated carbocycles. The first kappa shape index (κ1) is 77.2. The Morgan fingerprint density at radius 3 is 1.42 bits per heavy atom. The Morgan fingerprint density at radius 2 is 0.887 bits per heavy atom. The number of fused-ring (bicyclic) bond motifs is 5. The van der Waals surface area contributed by atoms with Gasteiger partial charge in [-0.1, -0.05) is 215 Å². The maximum Gasteiger partial charge on any atom is 0.221 e. The van der Waals surface area contributed by atoms with E-state index in [0.717, 1.165) is 154 Å². The number of amides is 1. The van der Waals surface area contributed by atoms with E-state index >= 15 is 0 Å². The lowest BCUT2D eigenvalue weighted by Crippen LogP contribution is -2.34. The molecule has 0 unspecified atom stereocenters. The maximum absolute atomic E-state index is 12.8. The second-order valence-electron chi connectivity index (χ2n) is 26.6. The number of hydrogen-bond donors (Lipinski definition) is 3. The molecular weight excluding hydrogens is 1370 g/mol. The topological polar surface area (TPSA) is 207 Å². The van der Waals surface area contributed by atoms with Crippen LogP contribution in [0.4, 0.5) is 28.7 Å². The molecule has 0 radical (unpaired) electrons. The fourth-order valence-electron chi connectivity index (χ4n) is 12.8. The fourth-order valence-corrected chi connectivity index (χ4v) is 13.3. The molecule has 9 heterocycles. The Kier molecular flexibility index (Phi) is 28.3. The summed E-state index contributed by atoms with van der Waals surface area (Å²) in [6.07, 6.45) is 24.6. The number of nitrogens with zero attached hydrogens (tertiary/aromatic N) is 10. The summed E-state index contributed by atoms with van der Waals surface area (Å²) < 4.78 is 1.05. The van der Waals surface area contributed by atoms with Crippen LogP contribution in [0.3, 0.4) is 0 Å². The van der Waals surface area contributed by atoms with Gasteiger partial charge in [0.2, 0.25) is 5.91 Å². The van der Waals surface area contributed by atoms with E-state index in [4.69, 9.17) is 21.4 Å². The van der Waals surface area contributed by atoms with Crippen LogP contribution in [-0.4, -0.2) is 78.5 Å². The first-order chi connectivity index (χ1) is 51.2. The molecule has 0 aliphatic carbocycles. The average Bonchev–Trinajstić information content (AvgIpc) is 0.800. The minimum Gasteiger partial charge on any atom is -0.397 e. The average molecular weight is 1470 g/mol. The van der Waals surface area contributed by atoms with E-state index < -0.39 is 0 Å². The number of anilines is 4. The fraction of sp³-hybridized carbons (Fsp3) is 0.222. The van der Waals surface area contributed by atoms with Crippen LogP contribution in [0.25, 0.3) is 53.9 Å². The summed E-state index contributed by atoms with van der Waals surface area (Å²) in [5, 5.41) is 13.7. The number of aryl methyl sites for hydroxylation is 3. The summed E-state index contributed by atoms with van der Waals surface area (Å²) in [5.41, 5.74) is 22.5. The van der Waals surface area contributed by atoms with Crippen molar-refractivity contribution in [1.29, 1.82) is 0 Å². The minimum absolute atomic E-state index is 0. The van der Waals surface area contributed by atoms with Crippen LogP contribution in [0.5, 0.6) is 0 Å². The number of hydrogen-bond acceptors (Lipinski definition) is 14. The summed E-state index contributed by atoms with van der Waals surface area (Å²) in [4.78, 5) is 63.7. The van der Waals surface area contributed by atoms with Gasteiger partial charge in [-0.2, -0.15) is 0 Å². The number of carbonyl (C=O) groups is 2. The number of halogens is 1. The quantitative estimate of drug-likeness (QED) is 0.0974. The van der Waals surface area contributed by atoms with Crippen LogP contribution < -0.4 is 26.6 Å². The molecule has 1 amide bonds. The van der Waals surface area contributed by atoms with Gasteiger partial charge < -0.3 is 26.6 Å². The first-order valence-electron chi connectivity index (χ1n) is 35.9. The third-order valence-electron chi connectivity index (χ3n) is 18.7. The molecule has 2 fully saturated rings. The number of nitrogens with one attached hydrogen (secondary N) is 1. The summed E-state index contributed by atoms with van der Waals surface area (Å²) in [5.74, 6) is 3.99. The van der Waals surface area contributed by atoms with Crippen LogP contribution >= 0.6 is 15.9 Å². The van der Waals surface area contributed by atoms with Crippen molar-refractivity contribution in [3.05, 3.63) is 312 Å². The second-order valence-corrected chi connectivity index (χ2v) is 27.5. The minimum atomic E-state index is -0.0804. The number of nitrogens with two attached hydrogens (primary N) is 2. The van der Waals surface area contributed by atoms with Gasteiger partial charge in [0, 0.05) is 172 Å². The lowest BCUT2D eigenvalue weighted by molar-refractivity contribution is -0.118. The van der Waals surface area contributed by atoms with E-state index in [0.29, 0.717) is 19.4 Å². The molecular formula is C90H94BrN13O2. The zero-order valence-corrected chi connectivity index (χ0v) is 62.0. The van der Waals surface area contributed by atoms with Crippen molar-refractivity contribution < 1.29 is 9.59 Å². The Labute approximate surface area is 631 Å². The van der Waals surface area contributed by atoms with E-state index in [1.807, 2.05) is 197 Å². The van der Waals surface area contributed by atoms with Crippen LogP contribution in [-0.2, 0) is 29.0 Å². The van der Waals surface area contributed by atoms with Crippen molar-refractivity contribution in [2.75, 3.05) is 47.0 Å². The van der Waals surface area contributed by atoms with Gasteiger partial charge in [0.1, 0.15) is 17.4 Å². The number of piperidine rings is 2. The molecule has 5 N–H and O–H groups in total. The summed E-state index contributed by atoms with van der Waals surface area (Å²) in [6, 6.07) is 69.1. The van der Waals surface area contributed by atoms with Crippen LogP contribution in [0.2, 0.25) is 0 Å². The number of aliphatic imine (C=N–C) groups is 1. The number of rotatable bonds is 12. The van der Waals surface area contributed by atoms with Gasteiger partial charge in [0.15, 0.2) is 0 Å². The largest absolute Gasteiger partial charge is 0.397 e. The van der Waals surface area contributed by atoms with Crippen molar-refractivity contribution in [3.8, 4) is 0 Å². The third kappa shape index (κ3) is 21.4. The molecule has 0 spiro atoms. The Bertz CT molecular complexity index is 5070. The lowest BCUT2D eigenvalue weighted by Gasteiger charge is -2.32. The number of aromatic nitrogens is 7. The predicted octanol–water partition coefficient (Wildman–Crippen LogP) is 20.1. The molecule has 7 aromatic carbocycles. The highest BCUT2D eigenvalue weighted by molar-refractivity contribution is 9.10. The normalized spacial score (nSPS) is 12.6. The molecule has 2 aliphatic heterocycles. The molecule has 2 aliphatic rings. The van der Waals surface area contributed by atoms with Crippen LogP contribution in [0.1, 0.15) is 99.5 Å². The smallest absolute Gasteiger partial charge is 0.221 e. The zero-order valence-electron chi connectivity index (χ0n) is 60.4. The second kappa shape index (κ2) is 38.9. The highest BCUT2D eigenvalue weighted by atomic mass is 79.9. The molecule has 16 heteroatoms. The standard InChI is InChI=1S/C25H29N3O.C22H16N2.C13H21N3.C11H10N2O.C9H6BrN.C9H8N2.CH4/c1-18-11-13-28(14-12-18)25-20(8-7-19(2)27-25)9-10-23(29)15-22-17-26-16-21-5-3-4-6-24(21)22;1-3-9-17(10-4-1)22(18-11-5-2-6-12-18)24-21-16-23-15-19-13-7-8-14-20(19)21;1-10-5-7-16(8-6-10)13-12(9-14)4-3-11(2)15-13;1-8(14)13-11-7-12-6-9-4-2-3-5-10(9)11;2*10-9-6-11-5-7-3-1-2-4-8(7)9;/h3-8,16-18H,9-15H2,1-2H3;1-16H;3-4,10H,5-9,14H2,1-2H3;2-7H,1H3,(H,13,14);1-6H;1-6H,10H2;1H4. The number of ketones is 1. The van der Waals surface area contributed by atoms with Gasteiger partial charge in [-0.05, 0) is 108 Å². The molecule has 538 valence electrons.